The van der Waals surface area contributed by atoms with Crippen LogP contribution in [-0.4, -0.2) is 14.1 Å². The van der Waals surface area contributed by atoms with Gasteiger partial charge < -0.3 is 18.6 Å². The molecule has 11 rings (SSSR count). The van der Waals surface area contributed by atoms with Crippen LogP contribution in [0.25, 0.3) is 72.3 Å². The van der Waals surface area contributed by atoms with Crippen LogP contribution in [-0.2, 0) is 21.1 Å². The second-order valence-electron chi connectivity index (χ2n) is 14.4. The van der Waals surface area contributed by atoms with E-state index in [4.69, 9.17) is 14.5 Å². The molecule has 0 radical (unpaired) electrons. The number of ether oxygens (including phenoxy) is 2. The Morgan fingerprint density at radius 1 is 0.492 bits per heavy atom. The van der Waals surface area contributed by atoms with Crippen LogP contribution in [0.3, 0.4) is 0 Å². The Bertz CT molecular complexity index is 3270. The summed E-state index contributed by atoms with van der Waals surface area (Å²) >= 11 is 0. The maximum absolute atomic E-state index is 6.59. The van der Waals surface area contributed by atoms with E-state index in [1.807, 2.05) is 91.0 Å². The van der Waals surface area contributed by atoms with Crippen molar-refractivity contribution in [2.45, 2.75) is 0 Å². The summed E-state index contributed by atoms with van der Waals surface area (Å²) in [5.41, 5.74) is 10.1. The summed E-state index contributed by atoms with van der Waals surface area (Å²) in [7, 11) is 0. The number of hydrogen-bond acceptors (Lipinski definition) is 3. The van der Waals surface area contributed by atoms with Gasteiger partial charge in [-0.15, -0.1) is 29.7 Å². The molecule has 0 aliphatic heterocycles. The first-order valence-electron chi connectivity index (χ1n) is 19.8. The first-order valence-corrected chi connectivity index (χ1v) is 19.8. The van der Waals surface area contributed by atoms with Crippen molar-refractivity contribution in [3.8, 4) is 62.4 Å². The molecular weight excluding hydrogens is 932 g/mol. The minimum absolute atomic E-state index is 0. The maximum atomic E-state index is 6.59. The number of aromatic nitrogens is 4. The summed E-state index contributed by atoms with van der Waals surface area (Å²) in [6.07, 6.45) is 5.50. The predicted octanol–water partition coefficient (Wildman–Crippen LogP) is 12.7. The number of rotatable bonds is 9. The van der Waals surface area contributed by atoms with Crippen molar-refractivity contribution in [2.75, 3.05) is 0 Å². The van der Waals surface area contributed by atoms with Crippen LogP contribution in [0.5, 0.6) is 23.0 Å². The molecule has 8 aromatic carbocycles. The Balaban J connectivity index is 0.00000445. The van der Waals surface area contributed by atoms with E-state index >= 15 is 0 Å². The Kier molecular flexibility index (Phi) is 10.1. The van der Waals surface area contributed by atoms with Gasteiger partial charge in [0.05, 0.1) is 16.7 Å². The molecule has 0 saturated heterocycles. The van der Waals surface area contributed by atoms with Crippen molar-refractivity contribution in [3.05, 3.63) is 225 Å². The summed E-state index contributed by atoms with van der Waals surface area (Å²) in [4.78, 5) is 4.78. The average Bonchev–Trinajstić information content (AvgIpc) is 3.86. The summed E-state index contributed by atoms with van der Waals surface area (Å²) in [6.45, 7) is 0. The van der Waals surface area contributed by atoms with Crippen LogP contribution in [0.2, 0.25) is 0 Å². The van der Waals surface area contributed by atoms with E-state index in [1.54, 1.807) is 6.20 Å². The van der Waals surface area contributed by atoms with E-state index < -0.39 is 0 Å². The number of benzene rings is 8. The largest absolute Gasteiger partial charge is 0.510 e. The van der Waals surface area contributed by atoms with Gasteiger partial charge in [0.15, 0.2) is 0 Å². The van der Waals surface area contributed by atoms with Gasteiger partial charge in [-0.2, -0.15) is 18.2 Å². The van der Waals surface area contributed by atoms with Gasteiger partial charge in [-0.1, -0.05) is 145 Å². The number of pyridine rings is 1. The van der Waals surface area contributed by atoms with Crippen LogP contribution < -0.4 is 14.0 Å². The molecule has 61 heavy (non-hydrogen) atoms. The standard InChI is InChI=1S/C54H34N4O2.Pt/c1-4-16-38(17-5-1)45-25-15-26-46(39-18-6-2-7-19-39)54(45)57-37-56(50-28-12-13-29-51(50)57)40-20-14-23-42(34-40)60-43-30-31-48-47-24-10-11-27-49(47)58(52(48)35-43)53-36-44(32-33-55-53)59-41-21-8-3-9-22-41;/h1-33,36H;/q-2;. The number of hydrogen-bond donors (Lipinski definition) is 0. The Labute approximate surface area is 367 Å². The molecule has 294 valence electrons. The summed E-state index contributed by atoms with van der Waals surface area (Å²) in [6, 6.07) is 74.9. The van der Waals surface area contributed by atoms with E-state index in [-0.39, 0.29) is 21.1 Å². The topological polar surface area (TPSA) is 45.1 Å². The number of para-hydroxylation sites is 5. The van der Waals surface area contributed by atoms with Crippen LogP contribution >= 0.6 is 0 Å². The molecule has 0 unspecified atom stereocenters. The number of nitrogens with zero attached hydrogens (tertiary/aromatic N) is 4. The molecular formula is C54H34N4O2Pt-2. The van der Waals surface area contributed by atoms with Crippen molar-refractivity contribution in [3.63, 3.8) is 0 Å². The minimum atomic E-state index is 0. The van der Waals surface area contributed by atoms with Crippen LogP contribution in [0.1, 0.15) is 0 Å². The second kappa shape index (κ2) is 16.3. The van der Waals surface area contributed by atoms with Crippen molar-refractivity contribution in [2.24, 2.45) is 0 Å². The Morgan fingerprint density at radius 2 is 1.13 bits per heavy atom. The summed E-state index contributed by atoms with van der Waals surface area (Å²) in [5, 5.41) is 2.13. The van der Waals surface area contributed by atoms with E-state index in [0.717, 1.165) is 72.2 Å². The SMILES string of the molecule is [Pt].[c-]1c(Oc2[c-]c3c(cc2)c2ccccc2n3-c2cc(Oc3ccccc3)ccn2)cccc1-n1[c-][n+](-c2c(-c3ccccc3)cccc2-c2ccccc2)c2ccccc21. The molecule has 0 spiro atoms. The van der Waals surface area contributed by atoms with Crippen molar-refractivity contribution in [1.29, 1.82) is 0 Å². The molecule has 3 heterocycles. The van der Waals surface area contributed by atoms with Gasteiger partial charge in [-0.05, 0) is 57.6 Å². The molecule has 3 aromatic heterocycles. The molecule has 0 aliphatic rings. The van der Waals surface area contributed by atoms with Crippen LogP contribution in [0, 0.1) is 18.5 Å². The molecule has 0 bridgehead atoms. The molecule has 7 heteroatoms. The van der Waals surface area contributed by atoms with E-state index in [9.17, 15) is 0 Å². The molecule has 0 amide bonds. The van der Waals surface area contributed by atoms with E-state index in [2.05, 4.69) is 141 Å². The van der Waals surface area contributed by atoms with Crippen LogP contribution in [0.4, 0.5) is 0 Å². The molecule has 0 atom stereocenters. The first-order chi connectivity index (χ1) is 29.7. The van der Waals surface area contributed by atoms with Gasteiger partial charge >= 0.3 is 0 Å². The molecule has 11 aromatic rings. The molecule has 0 fully saturated rings. The molecule has 6 nitrogen and oxygen atoms in total. The zero-order valence-electron chi connectivity index (χ0n) is 32.6. The maximum Gasteiger partial charge on any atom is 0.268 e. The third-order valence-corrected chi connectivity index (χ3v) is 10.7. The van der Waals surface area contributed by atoms with Gasteiger partial charge in [-0.3, -0.25) is 4.57 Å². The zero-order chi connectivity index (χ0) is 39.8. The van der Waals surface area contributed by atoms with Crippen LogP contribution in [0.15, 0.2) is 206 Å². The number of fused-ring (bicyclic) bond motifs is 4. The van der Waals surface area contributed by atoms with E-state index in [0.29, 0.717) is 23.1 Å². The van der Waals surface area contributed by atoms with E-state index in [1.165, 1.54) is 0 Å². The average molecular weight is 966 g/mol. The fourth-order valence-electron chi connectivity index (χ4n) is 8.02. The quantitative estimate of drug-likeness (QED) is 0.107. The fraction of sp³-hybridized carbons (Fsp3) is 0. The molecule has 0 N–H and O–H groups in total. The predicted molar refractivity (Wildman–Crippen MR) is 237 cm³/mol. The monoisotopic (exact) mass is 965 g/mol. The summed E-state index contributed by atoms with van der Waals surface area (Å²) in [5.74, 6) is 3.26. The van der Waals surface area contributed by atoms with Gasteiger partial charge in [0.25, 0.3) is 6.33 Å². The number of imidazole rings is 1. The van der Waals surface area contributed by atoms with Crippen molar-refractivity contribution >= 4 is 32.8 Å². The van der Waals surface area contributed by atoms with Gasteiger partial charge in [0, 0.05) is 50.3 Å². The van der Waals surface area contributed by atoms with Gasteiger partial charge in [0.2, 0.25) is 0 Å². The normalized spacial score (nSPS) is 11.1. The third-order valence-electron chi connectivity index (χ3n) is 10.7. The van der Waals surface area contributed by atoms with Crippen molar-refractivity contribution < 1.29 is 35.1 Å². The van der Waals surface area contributed by atoms with Crippen molar-refractivity contribution in [1.82, 2.24) is 14.1 Å². The van der Waals surface area contributed by atoms with Gasteiger partial charge in [-0.25, -0.2) is 4.98 Å². The first kappa shape index (κ1) is 37.7. The Hall–Kier alpha value is -7.53. The third kappa shape index (κ3) is 7.07. The summed E-state index contributed by atoms with van der Waals surface area (Å²) < 4.78 is 19.1. The fourth-order valence-corrected chi connectivity index (χ4v) is 8.02. The second-order valence-corrected chi connectivity index (χ2v) is 14.4. The zero-order valence-corrected chi connectivity index (χ0v) is 34.8. The smallest absolute Gasteiger partial charge is 0.268 e. The molecule has 0 saturated carbocycles. The Morgan fingerprint density at radius 3 is 1.89 bits per heavy atom. The minimum Gasteiger partial charge on any atom is -0.510 e. The molecule has 0 aliphatic carbocycles. The van der Waals surface area contributed by atoms with Gasteiger partial charge in [0.1, 0.15) is 17.3 Å².